The van der Waals surface area contributed by atoms with E-state index in [9.17, 15) is 0 Å². The monoisotopic (exact) mass is 234 g/mol. The lowest BCUT2D eigenvalue weighted by Gasteiger charge is -2.32. The number of nitrogens with zero attached hydrogens (tertiary/aromatic N) is 1. The van der Waals surface area contributed by atoms with E-state index in [1.807, 2.05) is 0 Å². The van der Waals surface area contributed by atoms with E-state index in [-0.39, 0.29) is 6.10 Å². The molecule has 2 N–H and O–H groups in total. The third-order valence-corrected chi connectivity index (χ3v) is 3.38. The van der Waals surface area contributed by atoms with E-state index in [2.05, 4.69) is 36.1 Å². The summed E-state index contributed by atoms with van der Waals surface area (Å²) in [5.41, 5.74) is 8.55. The Morgan fingerprint density at radius 1 is 1.35 bits per heavy atom. The Hall–Kier alpha value is -0.900. The number of benzene rings is 1. The molecule has 1 saturated heterocycles. The molecular formula is C14H22N2O. The van der Waals surface area contributed by atoms with Crippen LogP contribution in [0.2, 0.25) is 0 Å². The first-order valence-corrected chi connectivity index (χ1v) is 6.44. The summed E-state index contributed by atoms with van der Waals surface area (Å²) in [4.78, 5) is 2.44. The van der Waals surface area contributed by atoms with Gasteiger partial charge in [-0.25, -0.2) is 0 Å². The second kappa shape index (κ2) is 6.15. The molecule has 2 rings (SSSR count). The molecule has 1 unspecified atom stereocenters. The average molecular weight is 234 g/mol. The third-order valence-electron chi connectivity index (χ3n) is 3.38. The number of ether oxygens (including phenoxy) is 1. The molecule has 1 heterocycles. The fourth-order valence-corrected chi connectivity index (χ4v) is 2.36. The molecule has 0 amide bonds. The Morgan fingerprint density at radius 2 is 2.12 bits per heavy atom. The molecule has 0 saturated carbocycles. The first-order chi connectivity index (χ1) is 8.33. The minimum Gasteiger partial charge on any atom is -0.374 e. The molecule has 3 nitrogen and oxygen atoms in total. The van der Waals surface area contributed by atoms with Crippen molar-refractivity contribution < 1.29 is 4.74 Å². The van der Waals surface area contributed by atoms with Crippen molar-refractivity contribution in [3.05, 3.63) is 35.4 Å². The van der Waals surface area contributed by atoms with Crippen molar-refractivity contribution in [3.63, 3.8) is 0 Å². The van der Waals surface area contributed by atoms with Gasteiger partial charge >= 0.3 is 0 Å². The normalized spacial score (nSPS) is 21.6. The second-order valence-electron chi connectivity index (χ2n) is 4.59. The Kier molecular flexibility index (Phi) is 4.54. The zero-order valence-corrected chi connectivity index (χ0v) is 10.6. The lowest BCUT2D eigenvalue weighted by atomic mass is 10.0. The Morgan fingerprint density at radius 3 is 2.82 bits per heavy atom. The first-order valence-electron chi connectivity index (χ1n) is 6.44. The molecule has 0 spiro atoms. The summed E-state index contributed by atoms with van der Waals surface area (Å²) >= 11 is 0. The van der Waals surface area contributed by atoms with Crippen molar-refractivity contribution >= 4 is 0 Å². The minimum absolute atomic E-state index is 0.206. The smallest absolute Gasteiger partial charge is 0.0824 e. The van der Waals surface area contributed by atoms with Crippen molar-refractivity contribution in [3.8, 4) is 0 Å². The van der Waals surface area contributed by atoms with Gasteiger partial charge in [0, 0.05) is 26.2 Å². The average Bonchev–Trinajstić information content (AvgIpc) is 2.39. The van der Waals surface area contributed by atoms with Gasteiger partial charge in [-0.15, -0.1) is 0 Å². The van der Waals surface area contributed by atoms with Crippen LogP contribution in [-0.2, 0) is 17.7 Å². The summed E-state index contributed by atoms with van der Waals surface area (Å²) in [6.45, 7) is 6.61. The predicted molar refractivity (Wildman–Crippen MR) is 69.9 cm³/mol. The zero-order valence-electron chi connectivity index (χ0n) is 10.6. The fraction of sp³-hybridized carbons (Fsp3) is 0.571. The zero-order chi connectivity index (χ0) is 12.1. The summed E-state index contributed by atoms with van der Waals surface area (Å²) < 4.78 is 5.58. The van der Waals surface area contributed by atoms with Gasteiger partial charge in [-0.3, -0.25) is 4.90 Å². The molecule has 0 aliphatic carbocycles. The second-order valence-corrected chi connectivity index (χ2v) is 4.59. The lowest BCUT2D eigenvalue weighted by Crippen LogP contribution is -2.45. The van der Waals surface area contributed by atoms with Crippen LogP contribution < -0.4 is 5.73 Å². The highest BCUT2D eigenvalue weighted by Gasteiger charge is 2.19. The van der Waals surface area contributed by atoms with Gasteiger partial charge < -0.3 is 10.5 Å². The van der Waals surface area contributed by atoms with Crippen LogP contribution in [0, 0.1) is 0 Å². The van der Waals surface area contributed by atoms with Crippen molar-refractivity contribution in [1.29, 1.82) is 0 Å². The van der Waals surface area contributed by atoms with Gasteiger partial charge in [-0.1, -0.05) is 31.2 Å². The third kappa shape index (κ3) is 3.28. The Bertz CT molecular complexity index is 354. The van der Waals surface area contributed by atoms with Crippen LogP contribution in [0.5, 0.6) is 0 Å². The number of morpholine rings is 1. The van der Waals surface area contributed by atoms with Crippen LogP contribution >= 0.6 is 0 Å². The Balaban J connectivity index is 2.00. The minimum atomic E-state index is 0.206. The molecule has 0 bridgehead atoms. The highest BCUT2D eigenvalue weighted by atomic mass is 16.5. The van der Waals surface area contributed by atoms with Crippen LogP contribution in [0.1, 0.15) is 18.1 Å². The SMILES string of the molecule is CCc1ccccc1CN1CCOC(CN)C1. The van der Waals surface area contributed by atoms with Gasteiger partial charge in [0.1, 0.15) is 0 Å². The topological polar surface area (TPSA) is 38.5 Å². The molecular weight excluding hydrogens is 212 g/mol. The molecule has 0 radical (unpaired) electrons. The number of nitrogens with two attached hydrogens (primary N) is 1. The van der Waals surface area contributed by atoms with Gasteiger partial charge in [-0.05, 0) is 17.5 Å². The molecule has 1 aliphatic heterocycles. The number of aryl methyl sites for hydroxylation is 1. The van der Waals surface area contributed by atoms with Crippen LogP contribution in [-0.4, -0.2) is 37.2 Å². The molecule has 94 valence electrons. The van der Waals surface area contributed by atoms with Crippen molar-refractivity contribution in [2.24, 2.45) is 5.73 Å². The van der Waals surface area contributed by atoms with E-state index in [0.29, 0.717) is 6.54 Å². The van der Waals surface area contributed by atoms with Crippen LogP contribution in [0.15, 0.2) is 24.3 Å². The Labute approximate surface area is 104 Å². The van der Waals surface area contributed by atoms with Gasteiger partial charge in [0.05, 0.1) is 12.7 Å². The fourth-order valence-electron chi connectivity index (χ4n) is 2.36. The quantitative estimate of drug-likeness (QED) is 0.856. The van der Waals surface area contributed by atoms with E-state index < -0.39 is 0 Å². The molecule has 3 heteroatoms. The van der Waals surface area contributed by atoms with Gasteiger partial charge in [0.25, 0.3) is 0 Å². The summed E-state index contributed by atoms with van der Waals surface area (Å²) in [5, 5.41) is 0. The molecule has 1 fully saturated rings. The van der Waals surface area contributed by atoms with E-state index in [1.165, 1.54) is 11.1 Å². The molecule has 17 heavy (non-hydrogen) atoms. The molecule has 0 aromatic heterocycles. The standard InChI is InChI=1S/C14H22N2O/c1-2-12-5-3-4-6-13(12)10-16-7-8-17-14(9-15)11-16/h3-6,14H,2,7-11,15H2,1H3. The van der Waals surface area contributed by atoms with E-state index in [1.54, 1.807) is 0 Å². The molecule has 1 aromatic carbocycles. The number of hydrogen-bond acceptors (Lipinski definition) is 3. The number of rotatable bonds is 4. The van der Waals surface area contributed by atoms with Crippen molar-refractivity contribution in [2.45, 2.75) is 26.0 Å². The van der Waals surface area contributed by atoms with E-state index in [4.69, 9.17) is 10.5 Å². The maximum atomic E-state index is 5.66. The van der Waals surface area contributed by atoms with Gasteiger partial charge in [0.2, 0.25) is 0 Å². The van der Waals surface area contributed by atoms with Gasteiger partial charge in [-0.2, -0.15) is 0 Å². The maximum Gasteiger partial charge on any atom is 0.0824 e. The maximum absolute atomic E-state index is 5.66. The summed E-state index contributed by atoms with van der Waals surface area (Å²) in [7, 11) is 0. The lowest BCUT2D eigenvalue weighted by molar-refractivity contribution is -0.0261. The number of hydrogen-bond donors (Lipinski definition) is 1. The van der Waals surface area contributed by atoms with Crippen molar-refractivity contribution in [2.75, 3.05) is 26.2 Å². The van der Waals surface area contributed by atoms with E-state index >= 15 is 0 Å². The summed E-state index contributed by atoms with van der Waals surface area (Å²) in [6, 6.07) is 8.68. The highest BCUT2D eigenvalue weighted by molar-refractivity contribution is 5.26. The summed E-state index contributed by atoms with van der Waals surface area (Å²) in [6.07, 6.45) is 1.30. The van der Waals surface area contributed by atoms with Crippen molar-refractivity contribution in [1.82, 2.24) is 4.90 Å². The molecule has 1 aromatic rings. The van der Waals surface area contributed by atoms with Crippen LogP contribution in [0.25, 0.3) is 0 Å². The first kappa shape index (κ1) is 12.6. The predicted octanol–water partition coefficient (Wildman–Crippen LogP) is 1.41. The molecule has 1 aliphatic rings. The van der Waals surface area contributed by atoms with E-state index in [0.717, 1.165) is 32.7 Å². The molecule has 1 atom stereocenters. The largest absolute Gasteiger partial charge is 0.374 e. The highest BCUT2D eigenvalue weighted by Crippen LogP contribution is 2.14. The van der Waals surface area contributed by atoms with Crippen LogP contribution in [0.3, 0.4) is 0 Å². The van der Waals surface area contributed by atoms with Gasteiger partial charge in [0.15, 0.2) is 0 Å². The van der Waals surface area contributed by atoms with Crippen LogP contribution in [0.4, 0.5) is 0 Å². The summed E-state index contributed by atoms with van der Waals surface area (Å²) in [5.74, 6) is 0.